The predicted molar refractivity (Wildman–Crippen MR) is 53.0 cm³/mol. The number of aromatic nitrogens is 1. The number of nitrogens with zero attached hydrogens (tertiary/aromatic N) is 2. The lowest BCUT2D eigenvalue weighted by atomic mass is 10.1. The molecule has 1 aromatic heterocycles. The molecule has 0 amide bonds. The van der Waals surface area contributed by atoms with E-state index in [1.54, 1.807) is 19.2 Å². The van der Waals surface area contributed by atoms with E-state index in [1.807, 2.05) is 18.2 Å². The molecule has 0 radical (unpaired) electrons. The maximum absolute atomic E-state index is 8.70. The van der Waals surface area contributed by atoms with Crippen LogP contribution in [0.1, 0.15) is 5.56 Å². The summed E-state index contributed by atoms with van der Waals surface area (Å²) in [5, 5.41) is 9.65. The molecule has 3 nitrogen and oxygen atoms in total. The molecule has 0 bridgehead atoms. The van der Waals surface area contributed by atoms with E-state index in [-0.39, 0.29) is 0 Å². The Kier molecular flexibility index (Phi) is 2.04. The first-order valence-corrected chi connectivity index (χ1v) is 4.18. The third-order valence-electron chi connectivity index (χ3n) is 2.00. The fraction of sp³-hybridized carbons (Fsp3) is 0.0909. The SMILES string of the molecule is COc1ccc2cc(C#N)ccc2n1. The molecule has 0 fully saturated rings. The van der Waals surface area contributed by atoms with E-state index in [0.717, 1.165) is 10.9 Å². The van der Waals surface area contributed by atoms with E-state index in [2.05, 4.69) is 11.1 Å². The first-order chi connectivity index (χ1) is 6.83. The largest absolute Gasteiger partial charge is 0.481 e. The van der Waals surface area contributed by atoms with Crippen LogP contribution in [0.25, 0.3) is 10.9 Å². The summed E-state index contributed by atoms with van der Waals surface area (Å²) in [4.78, 5) is 4.24. The number of ether oxygens (including phenoxy) is 1. The molecule has 0 spiro atoms. The average molecular weight is 184 g/mol. The lowest BCUT2D eigenvalue weighted by molar-refractivity contribution is 0.399. The molecule has 0 unspecified atom stereocenters. The van der Waals surface area contributed by atoms with Gasteiger partial charge in [0.15, 0.2) is 0 Å². The van der Waals surface area contributed by atoms with Crippen LogP contribution in [0.4, 0.5) is 0 Å². The smallest absolute Gasteiger partial charge is 0.213 e. The van der Waals surface area contributed by atoms with E-state index in [0.29, 0.717) is 11.4 Å². The second-order valence-corrected chi connectivity index (χ2v) is 2.87. The number of fused-ring (bicyclic) bond motifs is 1. The fourth-order valence-electron chi connectivity index (χ4n) is 1.29. The van der Waals surface area contributed by atoms with Crippen LogP contribution < -0.4 is 4.74 Å². The van der Waals surface area contributed by atoms with Crippen LogP contribution in [-0.2, 0) is 0 Å². The molecule has 1 heterocycles. The van der Waals surface area contributed by atoms with Gasteiger partial charge in [-0.15, -0.1) is 0 Å². The number of benzene rings is 1. The van der Waals surface area contributed by atoms with Crippen molar-refractivity contribution >= 4 is 10.9 Å². The van der Waals surface area contributed by atoms with Crippen molar-refractivity contribution in [3.63, 3.8) is 0 Å². The monoisotopic (exact) mass is 184 g/mol. The van der Waals surface area contributed by atoms with Crippen molar-refractivity contribution in [2.45, 2.75) is 0 Å². The normalized spacial score (nSPS) is 9.71. The van der Waals surface area contributed by atoms with Crippen molar-refractivity contribution in [1.82, 2.24) is 4.98 Å². The molecule has 0 atom stereocenters. The summed E-state index contributed by atoms with van der Waals surface area (Å²) in [7, 11) is 1.58. The second kappa shape index (κ2) is 3.35. The second-order valence-electron chi connectivity index (χ2n) is 2.87. The van der Waals surface area contributed by atoms with Gasteiger partial charge in [-0.3, -0.25) is 0 Å². The van der Waals surface area contributed by atoms with Crippen LogP contribution >= 0.6 is 0 Å². The van der Waals surface area contributed by atoms with Crippen molar-refractivity contribution in [3.05, 3.63) is 35.9 Å². The van der Waals surface area contributed by atoms with Crippen molar-refractivity contribution in [1.29, 1.82) is 5.26 Å². The van der Waals surface area contributed by atoms with E-state index >= 15 is 0 Å². The number of pyridine rings is 1. The molecule has 68 valence electrons. The summed E-state index contributed by atoms with van der Waals surface area (Å²) in [5.74, 6) is 0.585. The fourth-order valence-corrected chi connectivity index (χ4v) is 1.29. The summed E-state index contributed by atoms with van der Waals surface area (Å²) < 4.78 is 5.00. The minimum absolute atomic E-state index is 0.585. The maximum Gasteiger partial charge on any atom is 0.213 e. The van der Waals surface area contributed by atoms with Gasteiger partial charge < -0.3 is 4.74 Å². The van der Waals surface area contributed by atoms with Crippen LogP contribution in [0, 0.1) is 11.3 Å². The lowest BCUT2D eigenvalue weighted by Crippen LogP contribution is -1.87. The zero-order chi connectivity index (χ0) is 9.97. The van der Waals surface area contributed by atoms with Gasteiger partial charge in [-0.1, -0.05) is 0 Å². The highest BCUT2D eigenvalue weighted by Gasteiger charge is 1.98. The lowest BCUT2D eigenvalue weighted by Gasteiger charge is -2.00. The van der Waals surface area contributed by atoms with Gasteiger partial charge in [0.05, 0.1) is 24.3 Å². The first-order valence-electron chi connectivity index (χ1n) is 4.18. The molecule has 2 aromatic rings. The number of hydrogen-bond acceptors (Lipinski definition) is 3. The first kappa shape index (κ1) is 8.52. The van der Waals surface area contributed by atoms with Gasteiger partial charge in [-0.2, -0.15) is 5.26 Å². The third kappa shape index (κ3) is 1.38. The van der Waals surface area contributed by atoms with Gasteiger partial charge in [0.1, 0.15) is 0 Å². The van der Waals surface area contributed by atoms with E-state index < -0.39 is 0 Å². The molecule has 0 aliphatic rings. The highest BCUT2D eigenvalue weighted by Crippen LogP contribution is 2.17. The molecule has 1 aromatic carbocycles. The zero-order valence-electron chi connectivity index (χ0n) is 7.69. The van der Waals surface area contributed by atoms with Crippen LogP contribution in [0.15, 0.2) is 30.3 Å². The Labute approximate surface area is 81.6 Å². The molecule has 0 aliphatic carbocycles. The number of nitriles is 1. The van der Waals surface area contributed by atoms with Gasteiger partial charge in [-0.25, -0.2) is 4.98 Å². The zero-order valence-corrected chi connectivity index (χ0v) is 7.69. The molecule has 3 heteroatoms. The molecule has 14 heavy (non-hydrogen) atoms. The Morgan fingerprint density at radius 2 is 2.14 bits per heavy atom. The molecule has 2 rings (SSSR count). The van der Waals surface area contributed by atoms with E-state index in [4.69, 9.17) is 10.00 Å². The number of hydrogen-bond donors (Lipinski definition) is 0. The molecule has 0 aliphatic heterocycles. The Morgan fingerprint density at radius 1 is 1.29 bits per heavy atom. The van der Waals surface area contributed by atoms with Gasteiger partial charge in [0.25, 0.3) is 0 Å². The Morgan fingerprint density at radius 3 is 2.86 bits per heavy atom. The van der Waals surface area contributed by atoms with Crippen molar-refractivity contribution < 1.29 is 4.74 Å². The standard InChI is InChI=1S/C11H8N2O/c1-14-11-5-3-9-6-8(7-12)2-4-10(9)13-11/h2-6H,1H3. The summed E-state index contributed by atoms with van der Waals surface area (Å²) in [6.45, 7) is 0. The minimum Gasteiger partial charge on any atom is -0.481 e. The third-order valence-corrected chi connectivity index (χ3v) is 2.00. The van der Waals surface area contributed by atoms with Gasteiger partial charge in [0, 0.05) is 11.5 Å². The van der Waals surface area contributed by atoms with Gasteiger partial charge in [0.2, 0.25) is 5.88 Å². The number of methoxy groups -OCH3 is 1. The topological polar surface area (TPSA) is 45.9 Å². The van der Waals surface area contributed by atoms with E-state index in [9.17, 15) is 0 Å². The summed E-state index contributed by atoms with van der Waals surface area (Å²) >= 11 is 0. The summed E-state index contributed by atoms with van der Waals surface area (Å²) in [6, 6.07) is 11.1. The quantitative estimate of drug-likeness (QED) is 0.681. The molecule has 0 N–H and O–H groups in total. The van der Waals surface area contributed by atoms with Crippen LogP contribution in [0.3, 0.4) is 0 Å². The Hall–Kier alpha value is -2.08. The van der Waals surface area contributed by atoms with Crippen molar-refractivity contribution in [2.24, 2.45) is 0 Å². The minimum atomic E-state index is 0.585. The van der Waals surface area contributed by atoms with Gasteiger partial charge >= 0.3 is 0 Å². The number of rotatable bonds is 1. The van der Waals surface area contributed by atoms with Crippen molar-refractivity contribution in [3.8, 4) is 11.9 Å². The van der Waals surface area contributed by atoms with Crippen LogP contribution in [0.2, 0.25) is 0 Å². The highest BCUT2D eigenvalue weighted by atomic mass is 16.5. The highest BCUT2D eigenvalue weighted by molar-refractivity contribution is 5.80. The summed E-state index contributed by atoms with van der Waals surface area (Å²) in [6.07, 6.45) is 0. The van der Waals surface area contributed by atoms with Gasteiger partial charge in [-0.05, 0) is 24.3 Å². The van der Waals surface area contributed by atoms with E-state index in [1.165, 1.54) is 0 Å². The van der Waals surface area contributed by atoms with Crippen LogP contribution in [-0.4, -0.2) is 12.1 Å². The molecule has 0 saturated carbocycles. The Balaban J connectivity index is 2.64. The molecule has 0 saturated heterocycles. The average Bonchev–Trinajstić information content (AvgIpc) is 2.27. The Bertz CT molecular complexity index is 514. The summed E-state index contributed by atoms with van der Waals surface area (Å²) in [5.41, 5.74) is 1.48. The predicted octanol–water partition coefficient (Wildman–Crippen LogP) is 2.12. The molecular weight excluding hydrogens is 176 g/mol. The molecular formula is C11H8N2O. The van der Waals surface area contributed by atoms with Crippen molar-refractivity contribution in [2.75, 3.05) is 7.11 Å². The van der Waals surface area contributed by atoms with Crippen LogP contribution in [0.5, 0.6) is 5.88 Å². The maximum atomic E-state index is 8.70.